The molecule has 0 spiro atoms. The van der Waals surface area contributed by atoms with Crippen LogP contribution in [0, 0.1) is 6.92 Å². The molecule has 1 aliphatic rings. The van der Waals surface area contributed by atoms with Crippen LogP contribution in [0.3, 0.4) is 0 Å². The Labute approximate surface area is 203 Å². The van der Waals surface area contributed by atoms with Gasteiger partial charge in [0.15, 0.2) is 5.82 Å². The third-order valence-corrected chi connectivity index (χ3v) is 6.50. The third kappa shape index (κ3) is 5.41. The number of aromatic amines is 1. The molecule has 1 fully saturated rings. The van der Waals surface area contributed by atoms with Crippen molar-refractivity contribution in [1.82, 2.24) is 30.1 Å². The van der Waals surface area contributed by atoms with Gasteiger partial charge in [0.25, 0.3) is 5.56 Å². The van der Waals surface area contributed by atoms with Crippen LogP contribution in [0.1, 0.15) is 35.4 Å². The number of aromatic nitrogens is 5. The van der Waals surface area contributed by atoms with Crippen molar-refractivity contribution >= 4 is 10.9 Å². The molecular formula is C26H30N6O3. The van der Waals surface area contributed by atoms with Crippen LogP contribution in [-0.4, -0.2) is 49.9 Å². The summed E-state index contributed by atoms with van der Waals surface area (Å²) in [5, 5.41) is 13.4. The van der Waals surface area contributed by atoms with Crippen LogP contribution in [0.15, 0.2) is 53.3 Å². The van der Waals surface area contributed by atoms with E-state index < -0.39 is 0 Å². The van der Waals surface area contributed by atoms with Crippen LogP contribution in [0.25, 0.3) is 10.9 Å². The van der Waals surface area contributed by atoms with Gasteiger partial charge in [-0.1, -0.05) is 30.3 Å². The van der Waals surface area contributed by atoms with E-state index >= 15 is 0 Å². The molecule has 2 aromatic heterocycles. The molecule has 1 aliphatic heterocycles. The molecule has 9 heteroatoms. The maximum Gasteiger partial charge on any atom is 0.252 e. The van der Waals surface area contributed by atoms with Gasteiger partial charge in [-0.3, -0.25) is 9.69 Å². The molecule has 0 bridgehead atoms. The van der Waals surface area contributed by atoms with Crippen molar-refractivity contribution in [1.29, 1.82) is 0 Å². The Kier molecular flexibility index (Phi) is 6.87. The van der Waals surface area contributed by atoms with Crippen molar-refractivity contribution < 1.29 is 9.47 Å². The van der Waals surface area contributed by atoms with Gasteiger partial charge >= 0.3 is 0 Å². The molecular weight excluding hydrogens is 444 g/mol. The van der Waals surface area contributed by atoms with E-state index in [1.54, 1.807) is 7.11 Å². The number of aryl methyl sites for hydroxylation is 1. The van der Waals surface area contributed by atoms with Crippen LogP contribution in [0.4, 0.5) is 0 Å². The molecule has 9 nitrogen and oxygen atoms in total. The Balaban J connectivity index is 1.42. The number of H-pyrrole nitrogens is 1. The predicted octanol–water partition coefficient (Wildman–Crippen LogP) is 3.21. The lowest BCUT2D eigenvalue weighted by Crippen LogP contribution is -2.29. The predicted molar refractivity (Wildman–Crippen MR) is 132 cm³/mol. The highest BCUT2D eigenvalue weighted by molar-refractivity contribution is 5.81. The Morgan fingerprint density at radius 3 is 2.80 bits per heavy atom. The van der Waals surface area contributed by atoms with Crippen LogP contribution >= 0.6 is 0 Å². The lowest BCUT2D eigenvalue weighted by Gasteiger charge is -2.22. The first kappa shape index (κ1) is 23.2. The smallest absolute Gasteiger partial charge is 0.252 e. The van der Waals surface area contributed by atoms with Gasteiger partial charge in [0, 0.05) is 25.3 Å². The summed E-state index contributed by atoms with van der Waals surface area (Å²) in [7, 11) is 1.66. The maximum atomic E-state index is 13.0. The quantitative estimate of drug-likeness (QED) is 0.398. The molecule has 1 unspecified atom stereocenters. The number of para-hydroxylation sites is 1. The fraction of sp³-hybridized carbons (Fsp3) is 0.385. The zero-order valence-corrected chi connectivity index (χ0v) is 20.1. The van der Waals surface area contributed by atoms with Crippen molar-refractivity contribution in [2.75, 3.05) is 13.7 Å². The standard InChI is InChI=1S/C26H30N6O3/c1-18-5-3-6-20-13-21(26(33)27-25(18)20)15-31(14-19-8-10-22(34-2)11-9-19)17-24-28-29-30-32(24)16-23-7-4-12-35-23/h3,5-6,8-11,13,23H,4,7,12,14-17H2,1-2H3,(H,27,33). The maximum absolute atomic E-state index is 13.0. The number of benzene rings is 2. The van der Waals surface area contributed by atoms with E-state index in [1.165, 1.54) is 0 Å². The van der Waals surface area contributed by atoms with Crippen molar-refractivity contribution in [3.8, 4) is 5.75 Å². The molecule has 182 valence electrons. The van der Waals surface area contributed by atoms with E-state index in [1.807, 2.05) is 60.1 Å². The molecule has 3 heterocycles. The lowest BCUT2D eigenvalue weighted by molar-refractivity contribution is 0.0914. The Morgan fingerprint density at radius 2 is 2.03 bits per heavy atom. The monoisotopic (exact) mass is 474 g/mol. The second-order valence-electron chi connectivity index (χ2n) is 9.07. The number of ether oxygens (including phenoxy) is 2. The average molecular weight is 475 g/mol. The first-order chi connectivity index (χ1) is 17.1. The summed E-state index contributed by atoms with van der Waals surface area (Å²) < 4.78 is 12.9. The highest BCUT2D eigenvalue weighted by Crippen LogP contribution is 2.19. The van der Waals surface area contributed by atoms with Crippen LogP contribution in [0.2, 0.25) is 0 Å². The summed E-state index contributed by atoms with van der Waals surface area (Å²) in [5.41, 5.74) is 3.66. The molecule has 0 amide bonds. The van der Waals surface area contributed by atoms with E-state index in [0.717, 1.165) is 53.1 Å². The van der Waals surface area contributed by atoms with Crippen molar-refractivity contribution in [2.45, 2.75) is 52.0 Å². The molecule has 1 saturated heterocycles. The number of nitrogens with one attached hydrogen (secondary N) is 1. The SMILES string of the molecule is COc1ccc(CN(Cc2cc3cccc(C)c3[nH]c2=O)Cc2nnnn2CC2CCCO2)cc1. The number of pyridine rings is 1. The summed E-state index contributed by atoms with van der Waals surface area (Å²) in [6.45, 7) is 5.00. The highest BCUT2D eigenvalue weighted by atomic mass is 16.5. The Bertz CT molecular complexity index is 1340. The summed E-state index contributed by atoms with van der Waals surface area (Å²) in [6.07, 6.45) is 2.22. The van der Waals surface area contributed by atoms with Crippen molar-refractivity contribution in [3.63, 3.8) is 0 Å². The summed E-state index contributed by atoms with van der Waals surface area (Å²) in [5.74, 6) is 1.56. The molecule has 0 aliphatic carbocycles. The van der Waals surface area contributed by atoms with E-state index in [4.69, 9.17) is 9.47 Å². The van der Waals surface area contributed by atoms with Gasteiger partial charge in [0.2, 0.25) is 0 Å². The van der Waals surface area contributed by atoms with Gasteiger partial charge in [0.1, 0.15) is 5.75 Å². The molecule has 0 radical (unpaired) electrons. The van der Waals surface area contributed by atoms with Crippen LogP contribution in [-0.2, 0) is 30.9 Å². The van der Waals surface area contributed by atoms with Gasteiger partial charge in [0.05, 0.1) is 31.8 Å². The third-order valence-electron chi connectivity index (χ3n) is 6.50. The largest absolute Gasteiger partial charge is 0.497 e. The average Bonchev–Trinajstić information content (AvgIpc) is 3.53. The number of rotatable bonds is 9. The number of hydrogen-bond acceptors (Lipinski definition) is 7. The minimum atomic E-state index is -0.0783. The van der Waals surface area contributed by atoms with E-state index in [0.29, 0.717) is 31.7 Å². The molecule has 1 atom stereocenters. The number of fused-ring (bicyclic) bond motifs is 1. The van der Waals surface area contributed by atoms with Gasteiger partial charge in [-0.25, -0.2) is 4.68 Å². The summed E-state index contributed by atoms with van der Waals surface area (Å²) >= 11 is 0. The molecule has 2 aromatic carbocycles. The number of methoxy groups -OCH3 is 1. The van der Waals surface area contributed by atoms with Crippen molar-refractivity contribution in [3.05, 3.63) is 81.4 Å². The first-order valence-electron chi connectivity index (χ1n) is 11.9. The van der Waals surface area contributed by atoms with Gasteiger partial charge in [-0.15, -0.1) is 5.10 Å². The summed E-state index contributed by atoms with van der Waals surface area (Å²) in [4.78, 5) is 18.3. The Morgan fingerprint density at radius 1 is 1.17 bits per heavy atom. The number of nitrogens with zero attached hydrogens (tertiary/aromatic N) is 5. The topological polar surface area (TPSA) is 98.2 Å². The molecule has 0 saturated carbocycles. The minimum absolute atomic E-state index is 0.0783. The second kappa shape index (κ2) is 10.4. The number of tetrazole rings is 1. The van der Waals surface area contributed by atoms with E-state index in [9.17, 15) is 4.79 Å². The molecule has 35 heavy (non-hydrogen) atoms. The first-order valence-corrected chi connectivity index (χ1v) is 11.9. The zero-order chi connectivity index (χ0) is 24.2. The molecule has 5 rings (SSSR count). The van der Waals surface area contributed by atoms with Crippen LogP contribution in [0.5, 0.6) is 5.75 Å². The second-order valence-corrected chi connectivity index (χ2v) is 9.07. The van der Waals surface area contributed by atoms with Crippen molar-refractivity contribution in [2.24, 2.45) is 0 Å². The number of hydrogen-bond donors (Lipinski definition) is 1. The Hall–Kier alpha value is -3.56. The normalized spacial score (nSPS) is 15.8. The fourth-order valence-corrected chi connectivity index (χ4v) is 4.60. The summed E-state index contributed by atoms with van der Waals surface area (Å²) in [6, 6.07) is 16.0. The van der Waals surface area contributed by atoms with Crippen LogP contribution < -0.4 is 10.3 Å². The van der Waals surface area contributed by atoms with Gasteiger partial charge in [-0.2, -0.15) is 0 Å². The van der Waals surface area contributed by atoms with Gasteiger partial charge < -0.3 is 14.5 Å². The molecule has 4 aromatic rings. The highest BCUT2D eigenvalue weighted by Gasteiger charge is 2.21. The lowest BCUT2D eigenvalue weighted by atomic mass is 10.1. The molecule has 1 N–H and O–H groups in total. The zero-order valence-electron chi connectivity index (χ0n) is 20.1. The van der Waals surface area contributed by atoms with E-state index in [-0.39, 0.29) is 11.7 Å². The van der Waals surface area contributed by atoms with E-state index in [2.05, 4.69) is 25.4 Å². The minimum Gasteiger partial charge on any atom is -0.497 e. The van der Waals surface area contributed by atoms with Gasteiger partial charge in [-0.05, 0) is 64.9 Å². The fourth-order valence-electron chi connectivity index (χ4n) is 4.60.